The van der Waals surface area contributed by atoms with E-state index in [1.165, 1.54) is 6.92 Å². The lowest BCUT2D eigenvalue weighted by Gasteiger charge is -2.19. The minimum absolute atomic E-state index is 0.0450. The third-order valence-electron chi connectivity index (χ3n) is 5.56. The molecule has 10 heteroatoms. The molecule has 38 heavy (non-hydrogen) atoms. The Labute approximate surface area is 225 Å². The van der Waals surface area contributed by atoms with Crippen molar-refractivity contribution in [1.29, 1.82) is 0 Å². The summed E-state index contributed by atoms with van der Waals surface area (Å²) < 4.78 is 46.1. The number of methoxy groups -OCH3 is 2. The van der Waals surface area contributed by atoms with Gasteiger partial charge in [-0.15, -0.1) is 0 Å². The number of benzene rings is 2. The largest absolute Gasteiger partial charge is 0.497 e. The summed E-state index contributed by atoms with van der Waals surface area (Å²) in [6, 6.07) is 10.7. The third-order valence-corrected chi connectivity index (χ3v) is 7.00. The highest BCUT2D eigenvalue weighted by atomic mass is 32.2. The second-order valence-electron chi connectivity index (χ2n) is 9.40. The number of hydrogen-bond donors (Lipinski definition) is 2. The molecule has 0 unspecified atom stereocenters. The lowest BCUT2D eigenvalue weighted by Crippen LogP contribution is -2.16. The normalized spacial score (nSPS) is 11.8. The predicted octanol–water partition coefficient (Wildman–Crippen LogP) is 6.43. The Morgan fingerprint density at radius 3 is 2.21 bits per heavy atom. The fourth-order valence-corrected chi connectivity index (χ4v) is 4.16. The van der Waals surface area contributed by atoms with Crippen molar-refractivity contribution in [1.82, 2.24) is 9.97 Å². The van der Waals surface area contributed by atoms with Gasteiger partial charge in [0, 0.05) is 12.1 Å². The smallest absolute Gasteiger partial charge is 0.259 e. The maximum Gasteiger partial charge on any atom is 0.259 e. The number of allylic oxidation sites excluding steroid dienone is 4. The standard InChI is InChI=1S/C28H36N4O5S/c1-18(2)12-13-20(5)38(33,34)32-28-27(29-22-10-8-9-11-23(22)30-28)31-24-16-21(35-6)17-25(36-7)26(24)37-15-14-19(3)4/h8-13,16-17,19H,14-15H2,1-7H3,(H,29,31)(H,30,32). The second kappa shape index (κ2) is 12.6. The first-order valence-electron chi connectivity index (χ1n) is 12.3. The molecule has 2 N–H and O–H groups in total. The Hall–Kier alpha value is -3.79. The van der Waals surface area contributed by atoms with Crippen molar-refractivity contribution in [2.75, 3.05) is 30.9 Å². The van der Waals surface area contributed by atoms with Crippen LogP contribution in [0.25, 0.3) is 11.0 Å². The van der Waals surface area contributed by atoms with Crippen molar-refractivity contribution in [3.8, 4) is 17.2 Å². The molecule has 0 aliphatic carbocycles. The van der Waals surface area contributed by atoms with E-state index in [1.807, 2.05) is 26.0 Å². The lowest BCUT2D eigenvalue weighted by molar-refractivity contribution is 0.273. The predicted molar refractivity (Wildman–Crippen MR) is 153 cm³/mol. The van der Waals surface area contributed by atoms with Gasteiger partial charge in [0.1, 0.15) is 5.75 Å². The van der Waals surface area contributed by atoms with Gasteiger partial charge >= 0.3 is 0 Å². The molecule has 0 saturated heterocycles. The maximum atomic E-state index is 13.2. The van der Waals surface area contributed by atoms with Gasteiger partial charge in [0.2, 0.25) is 0 Å². The van der Waals surface area contributed by atoms with Crippen LogP contribution in [0, 0.1) is 5.92 Å². The average Bonchev–Trinajstić information content (AvgIpc) is 2.87. The minimum Gasteiger partial charge on any atom is -0.497 e. The minimum atomic E-state index is -3.91. The zero-order chi connectivity index (χ0) is 27.9. The molecule has 204 valence electrons. The average molecular weight is 541 g/mol. The van der Waals surface area contributed by atoms with E-state index >= 15 is 0 Å². The number of anilines is 3. The zero-order valence-electron chi connectivity index (χ0n) is 23.0. The molecule has 0 radical (unpaired) electrons. The fourth-order valence-electron chi connectivity index (χ4n) is 3.35. The van der Waals surface area contributed by atoms with E-state index in [-0.39, 0.29) is 16.5 Å². The van der Waals surface area contributed by atoms with Crippen LogP contribution in [0.3, 0.4) is 0 Å². The van der Waals surface area contributed by atoms with Crippen LogP contribution in [-0.2, 0) is 10.0 Å². The number of para-hydroxylation sites is 2. The van der Waals surface area contributed by atoms with Crippen molar-refractivity contribution in [2.24, 2.45) is 5.92 Å². The van der Waals surface area contributed by atoms with Crippen LogP contribution in [0.4, 0.5) is 17.3 Å². The number of sulfonamides is 1. The van der Waals surface area contributed by atoms with Crippen LogP contribution in [-0.4, -0.2) is 39.2 Å². The number of ether oxygens (including phenoxy) is 3. The van der Waals surface area contributed by atoms with Crippen molar-refractivity contribution in [3.05, 3.63) is 59.0 Å². The summed E-state index contributed by atoms with van der Waals surface area (Å²) in [5, 5.41) is 3.22. The van der Waals surface area contributed by atoms with E-state index in [1.54, 1.807) is 50.6 Å². The number of fused-ring (bicyclic) bond motifs is 1. The van der Waals surface area contributed by atoms with Gasteiger partial charge in [-0.2, -0.15) is 0 Å². The first-order chi connectivity index (χ1) is 18.0. The molecule has 0 fully saturated rings. The lowest BCUT2D eigenvalue weighted by atomic mass is 10.1. The number of aromatic nitrogens is 2. The molecule has 9 nitrogen and oxygen atoms in total. The van der Waals surface area contributed by atoms with Crippen LogP contribution < -0.4 is 24.2 Å². The van der Waals surface area contributed by atoms with Gasteiger partial charge < -0.3 is 19.5 Å². The molecule has 0 aliphatic rings. The Balaban J connectivity index is 2.12. The molecule has 2 aromatic carbocycles. The monoisotopic (exact) mass is 540 g/mol. The zero-order valence-corrected chi connectivity index (χ0v) is 23.8. The van der Waals surface area contributed by atoms with E-state index in [0.717, 1.165) is 12.0 Å². The van der Waals surface area contributed by atoms with Gasteiger partial charge in [-0.05, 0) is 51.3 Å². The van der Waals surface area contributed by atoms with E-state index < -0.39 is 10.0 Å². The van der Waals surface area contributed by atoms with Gasteiger partial charge in [-0.3, -0.25) is 4.72 Å². The van der Waals surface area contributed by atoms with Crippen LogP contribution >= 0.6 is 0 Å². The quantitative estimate of drug-likeness (QED) is 0.253. The molecule has 0 bridgehead atoms. The van der Waals surface area contributed by atoms with E-state index in [4.69, 9.17) is 14.2 Å². The summed E-state index contributed by atoms with van der Waals surface area (Å²) in [6.45, 7) is 10.0. The molecule has 0 amide bonds. The van der Waals surface area contributed by atoms with Crippen LogP contribution in [0.2, 0.25) is 0 Å². The molecule has 0 spiro atoms. The molecule has 0 saturated carbocycles. The number of rotatable bonds is 12. The first kappa shape index (κ1) is 28.8. The molecule has 0 aliphatic heterocycles. The Kier molecular flexibility index (Phi) is 9.57. The summed E-state index contributed by atoms with van der Waals surface area (Å²) >= 11 is 0. The van der Waals surface area contributed by atoms with Gasteiger partial charge in [0.15, 0.2) is 23.1 Å². The van der Waals surface area contributed by atoms with Gasteiger partial charge in [-0.1, -0.05) is 37.6 Å². The molecule has 1 aromatic heterocycles. The summed E-state index contributed by atoms with van der Waals surface area (Å²) in [5.41, 5.74) is 2.60. The van der Waals surface area contributed by atoms with Crippen molar-refractivity contribution in [2.45, 2.75) is 41.0 Å². The van der Waals surface area contributed by atoms with Crippen LogP contribution in [0.1, 0.15) is 41.0 Å². The van der Waals surface area contributed by atoms with E-state index in [9.17, 15) is 8.42 Å². The van der Waals surface area contributed by atoms with Crippen molar-refractivity contribution in [3.63, 3.8) is 0 Å². The fraction of sp³-hybridized carbons (Fsp3) is 0.357. The SMILES string of the molecule is COc1cc(Nc2nc3ccccc3nc2NS(=O)(=O)C(C)=CC=C(C)C)c(OCCC(C)C)c(OC)c1. The second-order valence-corrected chi connectivity index (χ2v) is 11.3. The highest BCUT2D eigenvalue weighted by Crippen LogP contribution is 2.42. The molecular formula is C28H36N4O5S. The highest BCUT2D eigenvalue weighted by molar-refractivity contribution is 7.96. The third kappa shape index (κ3) is 7.38. The summed E-state index contributed by atoms with van der Waals surface area (Å²) in [7, 11) is -0.812. The van der Waals surface area contributed by atoms with Crippen molar-refractivity contribution >= 4 is 38.4 Å². The molecule has 3 aromatic rings. The number of nitrogens with one attached hydrogen (secondary N) is 2. The van der Waals surface area contributed by atoms with Crippen molar-refractivity contribution < 1.29 is 22.6 Å². The Morgan fingerprint density at radius 2 is 1.63 bits per heavy atom. The highest BCUT2D eigenvalue weighted by Gasteiger charge is 2.21. The number of nitrogens with zero attached hydrogens (tertiary/aromatic N) is 2. The Bertz CT molecular complexity index is 1450. The molecule has 1 heterocycles. The van der Waals surface area contributed by atoms with Crippen LogP contribution in [0.15, 0.2) is 59.0 Å². The summed E-state index contributed by atoms with van der Waals surface area (Å²) in [5.74, 6) is 2.14. The van der Waals surface area contributed by atoms with Gasteiger partial charge in [0.05, 0.1) is 42.5 Å². The topological polar surface area (TPSA) is 112 Å². The summed E-state index contributed by atoms with van der Waals surface area (Å²) in [6.07, 6.45) is 4.13. The number of hydrogen-bond acceptors (Lipinski definition) is 8. The van der Waals surface area contributed by atoms with E-state index in [0.29, 0.717) is 46.5 Å². The maximum absolute atomic E-state index is 13.2. The van der Waals surface area contributed by atoms with Gasteiger partial charge in [0.25, 0.3) is 10.0 Å². The van der Waals surface area contributed by atoms with Gasteiger partial charge in [-0.25, -0.2) is 18.4 Å². The molecular weight excluding hydrogens is 504 g/mol. The molecule has 3 rings (SSSR count). The molecule has 0 atom stereocenters. The Morgan fingerprint density at radius 1 is 0.974 bits per heavy atom. The first-order valence-corrected chi connectivity index (χ1v) is 13.8. The van der Waals surface area contributed by atoms with Crippen LogP contribution in [0.5, 0.6) is 17.2 Å². The summed E-state index contributed by atoms with van der Waals surface area (Å²) in [4.78, 5) is 9.39. The van der Waals surface area contributed by atoms with E-state index in [2.05, 4.69) is 33.9 Å².